The Balaban J connectivity index is 1.33. The van der Waals surface area contributed by atoms with Gasteiger partial charge in [-0.05, 0) is 61.2 Å². The van der Waals surface area contributed by atoms with Gasteiger partial charge in [-0.3, -0.25) is 14.6 Å². The Morgan fingerprint density at radius 2 is 1.94 bits per heavy atom. The number of aryl methyl sites for hydroxylation is 1. The Hall–Kier alpha value is -2.90. The third-order valence-corrected chi connectivity index (χ3v) is 7.20. The third kappa shape index (κ3) is 4.61. The molecule has 1 fully saturated rings. The molecule has 1 aromatic heterocycles. The van der Waals surface area contributed by atoms with Gasteiger partial charge in [-0.25, -0.2) is 4.98 Å². The van der Waals surface area contributed by atoms with Crippen LogP contribution in [0.15, 0.2) is 47.8 Å². The minimum absolute atomic E-state index is 0.0320. The zero-order valence-corrected chi connectivity index (χ0v) is 19.9. The monoisotopic (exact) mass is 463 g/mol. The van der Waals surface area contributed by atoms with E-state index < -0.39 is 0 Å². The summed E-state index contributed by atoms with van der Waals surface area (Å²) in [5, 5.41) is 2.79. The molecule has 1 atom stereocenters. The summed E-state index contributed by atoms with van der Waals surface area (Å²) in [7, 11) is 0. The van der Waals surface area contributed by atoms with Crippen LogP contribution in [0.3, 0.4) is 0 Å². The van der Waals surface area contributed by atoms with Crippen LogP contribution in [-0.4, -0.2) is 35.5 Å². The largest absolute Gasteiger partial charge is 0.486 e. The third-order valence-electron chi connectivity index (χ3n) is 6.33. The van der Waals surface area contributed by atoms with E-state index >= 15 is 0 Å². The van der Waals surface area contributed by atoms with Crippen molar-refractivity contribution in [3.05, 3.63) is 64.7 Å². The summed E-state index contributed by atoms with van der Waals surface area (Å²) >= 11 is 1.52. The first kappa shape index (κ1) is 21.9. The lowest BCUT2D eigenvalue weighted by atomic mass is 10.0. The zero-order valence-electron chi connectivity index (χ0n) is 19.1. The maximum atomic E-state index is 12.5. The van der Waals surface area contributed by atoms with Gasteiger partial charge in [0.05, 0.1) is 11.4 Å². The molecule has 0 N–H and O–H groups in total. The minimum Gasteiger partial charge on any atom is -0.486 e. The molecular weight excluding hydrogens is 434 g/mol. The van der Waals surface area contributed by atoms with Crippen LogP contribution in [0.1, 0.15) is 49.6 Å². The Labute approximate surface area is 198 Å². The maximum Gasteiger partial charge on any atom is 0.230 e. The average Bonchev–Trinajstić information content (AvgIpc) is 3.49. The molecule has 0 saturated carbocycles. The van der Waals surface area contributed by atoms with Crippen molar-refractivity contribution in [3.63, 3.8) is 0 Å². The second-order valence-corrected chi connectivity index (χ2v) is 9.36. The molecule has 5 rings (SSSR count). The number of ether oxygens (including phenoxy) is 2. The van der Waals surface area contributed by atoms with Crippen LogP contribution in [0.25, 0.3) is 0 Å². The van der Waals surface area contributed by atoms with E-state index in [2.05, 4.69) is 41.5 Å². The van der Waals surface area contributed by atoms with Crippen LogP contribution in [0, 0.1) is 0 Å². The van der Waals surface area contributed by atoms with Crippen LogP contribution in [0.2, 0.25) is 0 Å². The number of benzene rings is 2. The number of hydrogen-bond donors (Lipinski definition) is 0. The smallest absolute Gasteiger partial charge is 0.230 e. The van der Waals surface area contributed by atoms with Crippen molar-refractivity contribution in [3.8, 4) is 11.5 Å². The Morgan fingerprint density at radius 1 is 1.15 bits per heavy atom. The molecule has 1 unspecified atom stereocenters. The number of likely N-dealkylation sites (tertiary alicyclic amines) is 1. The summed E-state index contributed by atoms with van der Waals surface area (Å²) in [5.74, 6) is 1.64. The summed E-state index contributed by atoms with van der Waals surface area (Å²) < 4.78 is 11.5. The number of hydrogen-bond acceptors (Lipinski definition) is 6. The van der Waals surface area contributed by atoms with Crippen molar-refractivity contribution < 1.29 is 14.3 Å². The van der Waals surface area contributed by atoms with Gasteiger partial charge in [0.2, 0.25) is 5.91 Å². The van der Waals surface area contributed by atoms with Crippen LogP contribution in [0.5, 0.6) is 11.5 Å². The molecule has 6 nitrogen and oxygen atoms in total. The van der Waals surface area contributed by atoms with E-state index in [1.807, 2.05) is 18.2 Å². The van der Waals surface area contributed by atoms with Gasteiger partial charge in [0.25, 0.3) is 0 Å². The van der Waals surface area contributed by atoms with Gasteiger partial charge in [-0.2, -0.15) is 0 Å². The van der Waals surface area contributed by atoms with E-state index in [0.717, 1.165) is 60.4 Å². The molecule has 0 radical (unpaired) electrons. The predicted octanol–water partition coefficient (Wildman–Crippen LogP) is 5.50. The number of aromatic nitrogens is 1. The topological polar surface area (TPSA) is 54.9 Å². The highest BCUT2D eigenvalue weighted by molar-refractivity contribution is 7.14. The Bertz CT molecular complexity index is 1130. The zero-order chi connectivity index (χ0) is 22.8. The quantitative estimate of drug-likeness (QED) is 0.483. The standard InChI is InChI=1S/C26H29N3O3S/c1-3-19-6-9-22(10-7-19)29(18(2)30)26-27-21(17-33-26)16-28-12-4-5-23(28)20-8-11-24-25(15-20)32-14-13-31-24/h6-11,15,17,23H,3-5,12-14,16H2,1-2H3. The van der Waals surface area contributed by atoms with E-state index in [4.69, 9.17) is 14.5 Å². The van der Waals surface area contributed by atoms with Crippen molar-refractivity contribution in [1.29, 1.82) is 0 Å². The molecule has 0 bridgehead atoms. The first-order valence-electron chi connectivity index (χ1n) is 11.6. The van der Waals surface area contributed by atoms with Gasteiger partial charge >= 0.3 is 0 Å². The lowest BCUT2D eigenvalue weighted by molar-refractivity contribution is -0.115. The van der Waals surface area contributed by atoms with Crippen LogP contribution < -0.4 is 14.4 Å². The van der Waals surface area contributed by atoms with Crippen molar-refractivity contribution >= 4 is 28.1 Å². The SMILES string of the molecule is CCc1ccc(N(C(C)=O)c2nc(CN3CCCC3c3ccc4c(c3)OCCO4)cs2)cc1. The summed E-state index contributed by atoms with van der Waals surface area (Å²) in [6.45, 7) is 6.71. The average molecular weight is 464 g/mol. The second-order valence-electron chi connectivity index (χ2n) is 8.53. The van der Waals surface area contributed by atoms with Gasteiger partial charge in [-0.1, -0.05) is 25.1 Å². The van der Waals surface area contributed by atoms with Crippen LogP contribution in [0.4, 0.5) is 10.8 Å². The Kier molecular flexibility index (Phi) is 6.33. The first-order valence-corrected chi connectivity index (χ1v) is 12.5. The van der Waals surface area contributed by atoms with Crippen molar-refractivity contribution in [2.24, 2.45) is 0 Å². The van der Waals surface area contributed by atoms with Gasteiger partial charge in [0.15, 0.2) is 16.6 Å². The highest BCUT2D eigenvalue weighted by atomic mass is 32.1. The first-order chi connectivity index (χ1) is 16.1. The molecule has 1 saturated heterocycles. The van der Waals surface area contributed by atoms with Gasteiger partial charge in [0.1, 0.15) is 13.2 Å². The summed E-state index contributed by atoms with van der Waals surface area (Å²) in [6.07, 6.45) is 3.24. The lowest BCUT2D eigenvalue weighted by Crippen LogP contribution is -2.24. The molecule has 3 aromatic rings. The van der Waals surface area contributed by atoms with Crippen LogP contribution >= 0.6 is 11.3 Å². The molecule has 0 spiro atoms. The number of anilines is 2. The van der Waals surface area contributed by atoms with Crippen LogP contribution in [-0.2, 0) is 17.8 Å². The molecule has 2 aliphatic heterocycles. The highest BCUT2D eigenvalue weighted by Crippen LogP contribution is 2.39. The van der Waals surface area contributed by atoms with E-state index in [1.165, 1.54) is 22.5 Å². The van der Waals surface area contributed by atoms with Gasteiger partial charge < -0.3 is 9.47 Å². The van der Waals surface area contributed by atoms with Gasteiger partial charge in [-0.15, -0.1) is 11.3 Å². The number of carbonyl (C=O) groups excluding carboxylic acids is 1. The summed E-state index contributed by atoms with van der Waals surface area (Å²) in [6, 6.07) is 14.8. The predicted molar refractivity (Wildman–Crippen MR) is 131 cm³/mol. The summed E-state index contributed by atoms with van der Waals surface area (Å²) in [4.78, 5) is 21.5. The lowest BCUT2D eigenvalue weighted by Gasteiger charge is -2.26. The minimum atomic E-state index is -0.0320. The molecule has 2 aliphatic rings. The number of carbonyl (C=O) groups is 1. The summed E-state index contributed by atoms with van der Waals surface area (Å²) in [5.41, 5.74) is 4.36. The molecule has 0 aliphatic carbocycles. The fraction of sp³-hybridized carbons (Fsp3) is 0.385. The fourth-order valence-corrected chi connectivity index (χ4v) is 5.53. The van der Waals surface area contributed by atoms with Crippen molar-refractivity contribution in [2.75, 3.05) is 24.7 Å². The molecule has 7 heteroatoms. The second kappa shape index (κ2) is 9.53. The molecule has 33 heavy (non-hydrogen) atoms. The molecule has 2 aromatic carbocycles. The number of rotatable bonds is 6. The molecule has 172 valence electrons. The van der Waals surface area contributed by atoms with E-state index in [-0.39, 0.29) is 5.91 Å². The highest BCUT2D eigenvalue weighted by Gasteiger charge is 2.28. The maximum absolute atomic E-state index is 12.5. The molecule has 1 amide bonds. The fourth-order valence-electron chi connectivity index (χ4n) is 4.65. The van der Waals surface area contributed by atoms with Crippen molar-refractivity contribution in [1.82, 2.24) is 9.88 Å². The van der Waals surface area contributed by atoms with Gasteiger partial charge in [0, 0.05) is 24.9 Å². The van der Waals surface area contributed by atoms with Crippen molar-refractivity contribution in [2.45, 2.75) is 45.7 Å². The normalized spacial score (nSPS) is 17.8. The number of fused-ring (bicyclic) bond motifs is 1. The van der Waals surface area contributed by atoms with E-state index in [9.17, 15) is 4.79 Å². The number of thiazole rings is 1. The Morgan fingerprint density at radius 3 is 2.70 bits per heavy atom. The van der Waals surface area contributed by atoms with E-state index in [0.29, 0.717) is 19.3 Å². The molecular formula is C26H29N3O3S. The molecule has 3 heterocycles. The number of amides is 1. The number of nitrogens with zero attached hydrogens (tertiary/aromatic N) is 3. The van der Waals surface area contributed by atoms with E-state index in [1.54, 1.807) is 11.8 Å².